The maximum atomic E-state index is 13.3. The number of urea groups is 1. The molecule has 12 heteroatoms. The highest BCUT2D eigenvalue weighted by molar-refractivity contribution is 7.79. The van der Waals surface area contributed by atoms with E-state index in [1.54, 1.807) is 6.92 Å². The van der Waals surface area contributed by atoms with Crippen molar-refractivity contribution in [2.24, 2.45) is 15.1 Å². The molecule has 8 nitrogen and oxygen atoms in total. The average Bonchev–Trinajstić information content (AvgIpc) is 3.10. The van der Waals surface area contributed by atoms with Gasteiger partial charge in [0.25, 0.3) is 0 Å². The van der Waals surface area contributed by atoms with E-state index < -0.39 is 35.1 Å². The van der Waals surface area contributed by atoms with Crippen LogP contribution >= 0.6 is 0 Å². The molecule has 1 heterocycles. The molecule has 1 aromatic heterocycles. The molecular weight excluding hydrogens is 411 g/mol. The summed E-state index contributed by atoms with van der Waals surface area (Å²) in [6, 6.07) is -1.10. The van der Waals surface area contributed by atoms with Gasteiger partial charge in [0.2, 0.25) is 0 Å². The minimum atomic E-state index is -4.67. The van der Waals surface area contributed by atoms with Crippen LogP contribution in [0.5, 0.6) is 0 Å². The number of aliphatic hydroxyl groups is 1. The first kappa shape index (κ1) is 22.8. The van der Waals surface area contributed by atoms with Gasteiger partial charge in [-0.2, -0.15) is 13.2 Å². The van der Waals surface area contributed by atoms with Gasteiger partial charge < -0.3 is 24.7 Å². The first-order chi connectivity index (χ1) is 13.6. The Morgan fingerprint density at radius 2 is 2.10 bits per heavy atom. The number of hydrogen-bond acceptors (Lipinski definition) is 7. The van der Waals surface area contributed by atoms with E-state index in [1.165, 1.54) is 6.92 Å². The predicted molar refractivity (Wildman–Crippen MR) is 103 cm³/mol. The highest BCUT2D eigenvalue weighted by Crippen LogP contribution is 2.38. The van der Waals surface area contributed by atoms with E-state index >= 15 is 0 Å². The standard InChI is InChI=1S/C17H21F3N5O3S/c1-3-22-10(8-26)7-13(21)29(28)25-16(27)24-14-9(2)15(17(18,19)20)23-12-6-4-5-11(12)14/h7,26H,3-6,8,21H2,1-2H3,(H,23,24,27)/q-1/b13-7+,22-10?. The lowest BCUT2D eigenvalue weighted by Gasteiger charge is -2.18. The number of aryl methyl sites for hydroxylation is 1. The minimum Gasteiger partial charge on any atom is -0.438 e. The van der Waals surface area contributed by atoms with E-state index in [1.807, 2.05) is 0 Å². The number of fused-ring (bicyclic) bond motifs is 1. The number of nitrogens with one attached hydrogen (secondary N) is 1. The number of aliphatic hydroxyl groups excluding tert-OH is 1. The fourth-order valence-corrected chi connectivity index (χ4v) is 3.48. The zero-order chi connectivity index (χ0) is 21.8. The van der Waals surface area contributed by atoms with Crippen LogP contribution in [0.15, 0.2) is 20.5 Å². The third-order valence-electron chi connectivity index (χ3n) is 4.17. The highest BCUT2D eigenvalue weighted by Gasteiger charge is 2.37. The molecule has 0 saturated carbocycles. The van der Waals surface area contributed by atoms with E-state index in [9.17, 15) is 22.2 Å². The van der Waals surface area contributed by atoms with Crippen LogP contribution in [0.25, 0.3) is 0 Å². The van der Waals surface area contributed by atoms with Crippen LogP contribution in [0, 0.1) is 6.92 Å². The molecule has 2 rings (SSSR count). The molecule has 0 spiro atoms. The van der Waals surface area contributed by atoms with Gasteiger partial charge in [-0.3, -0.25) is 4.99 Å². The Kier molecular flexibility index (Phi) is 7.36. The lowest BCUT2D eigenvalue weighted by molar-refractivity contribution is -0.141. The number of nitrogens with zero attached hydrogens (tertiary/aromatic N) is 3. The van der Waals surface area contributed by atoms with Gasteiger partial charge in [-0.1, -0.05) is 0 Å². The van der Waals surface area contributed by atoms with Crippen LogP contribution in [0.4, 0.5) is 23.7 Å². The van der Waals surface area contributed by atoms with Crippen molar-refractivity contribution < 1.29 is 27.3 Å². The topological polar surface area (TPSA) is 130 Å². The summed E-state index contributed by atoms with van der Waals surface area (Å²) in [4.78, 5) is 19.8. The second-order valence-electron chi connectivity index (χ2n) is 6.18. The van der Waals surface area contributed by atoms with Crippen LogP contribution in [0.3, 0.4) is 0 Å². The Bertz CT molecular complexity index is 951. The second kappa shape index (κ2) is 9.35. The van der Waals surface area contributed by atoms with E-state index in [4.69, 9.17) is 10.8 Å². The first-order valence-corrected chi connectivity index (χ1v) is 9.84. The van der Waals surface area contributed by atoms with E-state index in [2.05, 4.69) is 19.7 Å². The lowest BCUT2D eigenvalue weighted by atomic mass is 10.1. The number of pyridine rings is 1. The molecule has 160 valence electrons. The number of halogens is 3. The summed E-state index contributed by atoms with van der Waals surface area (Å²) >= 11 is 0. The third-order valence-corrected chi connectivity index (χ3v) is 5.02. The van der Waals surface area contributed by atoms with Crippen molar-refractivity contribution in [1.82, 2.24) is 4.98 Å². The first-order valence-electron chi connectivity index (χ1n) is 8.74. The van der Waals surface area contributed by atoms with Gasteiger partial charge in [-0.05, 0) is 49.8 Å². The van der Waals surface area contributed by atoms with Crippen molar-refractivity contribution in [3.05, 3.63) is 33.6 Å². The van der Waals surface area contributed by atoms with Gasteiger partial charge >= 0.3 is 12.2 Å². The summed E-state index contributed by atoms with van der Waals surface area (Å²) in [5.41, 5.74) is 5.24. The Morgan fingerprint density at radius 1 is 1.41 bits per heavy atom. The summed E-state index contributed by atoms with van der Waals surface area (Å²) in [7, 11) is -2.30. The molecule has 0 saturated heterocycles. The molecule has 0 radical (unpaired) electrons. The predicted octanol–water partition coefficient (Wildman–Crippen LogP) is 2.83. The summed E-state index contributed by atoms with van der Waals surface area (Å²) < 4.78 is 55.3. The van der Waals surface area contributed by atoms with Crippen LogP contribution in [-0.4, -0.2) is 35.0 Å². The molecular formula is C17H21F3N5O3S-. The maximum absolute atomic E-state index is 13.3. The van der Waals surface area contributed by atoms with Crippen molar-refractivity contribution in [3.63, 3.8) is 0 Å². The molecule has 29 heavy (non-hydrogen) atoms. The molecule has 1 aliphatic rings. The number of aromatic nitrogens is 1. The third kappa shape index (κ3) is 5.54. The van der Waals surface area contributed by atoms with Crippen molar-refractivity contribution >= 4 is 28.0 Å². The number of hydrogen-bond donors (Lipinski definition) is 3. The van der Waals surface area contributed by atoms with E-state index in [-0.39, 0.29) is 27.7 Å². The van der Waals surface area contributed by atoms with Crippen LogP contribution in [-0.2, 0) is 33.8 Å². The van der Waals surface area contributed by atoms with E-state index in [0.29, 0.717) is 31.4 Å². The molecule has 0 bridgehead atoms. The Labute approximate surface area is 167 Å². The number of aliphatic imine (C=N–C) groups is 1. The molecule has 0 atom stereocenters. The van der Waals surface area contributed by atoms with Crippen LogP contribution < -0.4 is 11.1 Å². The zero-order valence-corrected chi connectivity index (χ0v) is 16.7. The van der Waals surface area contributed by atoms with Gasteiger partial charge in [0.15, 0.2) is 0 Å². The summed E-state index contributed by atoms with van der Waals surface area (Å²) in [5, 5.41) is 11.1. The number of carbonyl (C=O) groups excluding carboxylic acids is 1. The van der Waals surface area contributed by atoms with Crippen LogP contribution in [0.1, 0.15) is 35.9 Å². The molecule has 0 aromatic carbocycles. The molecule has 1 aromatic rings. The Hall–Kier alpha value is -2.47. The van der Waals surface area contributed by atoms with Crippen molar-refractivity contribution in [1.29, 1.82) is 0 Å². The van der Waals surface area contributed by atoms with Crippen molar-refractivity contribution in [2.45, 2.75) is 39.3 Å². The number of rotatable bonds is 5. The fraction of sp³-hybridized carbons (Fsp3) is 0.471. The van der Waals surface area contributed by atoms with Gasteiger partial charge in [-0.25, -0.2) is 9.78 Å². The van der Waals surface area contributed by atoms with Gasteiger partial charge in [0.1, 0.15) is 5.69 Å². The van der Waals surface area contributed by atoms with Gasteiger partial charge in [0, 0.05) is 17.8 Å². The number of alkyl halides is 3. The normalized spacial score (nSPS) is 16.1. The Morgan fingerprint density at radius 3 is 2.69 bits per heavy atom. The van der Waals surface area contributed by atoms with Crippen molar-refractivity contribution in [3.8, 4) is 0 Å². The molecule has 4 N–H and O–H groups in total. The molecule has 2 amide bonds. The number of amides is 2. The zero-order valence-electron chi connectivity index (χ0n) is 15.8. The number of anilines is 1. The minimum absolute atomic E-state index is 0.0169. The maximum Gasteiger partial charge on any atom is 0.433 e. The molecule has 0 fully saturated rings. The molecule has 1 aliphatic carbocycles. The van der Waals surface area contributed by atoms with Gasteiger partial charge in [0.05, 0.1) is 18.0 Å². The summed E-state index contributed by atoms with van der Waals surface area (Å²) in [6.45, 7) is 2.85. The average molecular weight is 432 g/mol. The van der Waals surface area contributed by atoms with Crippen LogP contribution in [0.2, 0.25) is 0 Å². The number of nitrogens with two attached hydrogens (primary N) is 1. The largest absolute Gasteiger partial charge is 0.438 e. The van der Waals surface area contributed by atoms with Gasteiger partial charge in [-0.15, -0.1) is 10.6 Å². The SMILES string of the molecule is CCN=C(/C=C(\N)[S-](=O)=NC(=O)Nc1c(C)c(C(F)(F)F)nc2c1CCC2)CO. The monoisotopic (exact) mass is 432 g/mol. The highest BCUT2D eigenvalue weighted by atomic mass is 32.2. The lowest BCUT2D eigenvalue weighted by Crippen LogP contribution is -2.18. The second-order valence-corrected chi connectivity index (χ2v) is 7.33. The number of carbonyl (C=O) groups is 1. The van der Waals surface area contributed by atoms with E-state index in [0.717, 1.165) is 6.08 Å². The van der Waals surface area contributed by atoms with Crippen molar-refractivity contribution in [2.75, 3.05) is 18.5 Å². The quantitative estimate of drug-likeness (QED) is 0.487. The Balaban J connectivity index is 2.35. The summed E-state index contributed by atoms with van der Waals surface area (Å²) in [6.07, 6.45) is -2.08. The molecule has 0 aliphatic heterocycles. The molecule has 0 unspecified atom stereocenters. The summed E-state index contributed by atoms with van der Waals surface area (Å²) in [5.74, 6) is 0. The smallest absolute Gasteiger partial charge is 0.433 e. The fourth-order valence-electron chi connectivity index (χ4n) is 2.95.